The van der Waals surface area contributed by atoms with Crippen molar-refractivity contribution in [1.29, 1.82) is 0 Å². The second kappa shape index (κ2) is 7.64. The molecule has 2 rings (SSSR count). The summed E-state index contributed by atoms with van der Waals surface area (Å²) in [6.07, 6.45) is 2.70. The van der Waals surface area contributed by atoms with E-state index < -0.39 is 0 Å². The maximum Gasteiger partial charge on any atom is 0.0415 e. The van der Waals surface area contributed by atoms with Crippen LogP contribution in [0.4, 0.5) is 5.69 Å². The zero-order valence-electron chi connectivity index (χ0n) is 13.8. The van der Waals surface area contributed by atoms with Crippen LogP contribution in [-0.4, -0.2) is 19.1 Å². The van der Waals surface area contributed by atoms with E-state index >= 15 is 0 Å². The Bertz CT molecular complexity index is 453. The average Bonchev–Trinajstić information content (AvgIpc) is 3.20. The Morgan fingerprint density at radius 3 is 2.48 bits per heavy atom. The van der Waals surface area contributed by atoms with Gasteiger partial charge in [-0.05, 0) is 55.0 Å². The third-order valence-corrected chi connectivity index (χ3v) is 4.26. The Kier molecular flexibility index (Phi) is 6.12. The van der Waals surface area contributed by atoms with Crippen LogP contribution in [0.5, 0.6) is 0 Å². The third-order valence-electron chi connectivity index (χ3n) is 3.77. The van der Waals surface area contributed by atoms with Gasteiger partial charge in [-0.15, -0.1) is 0 Å². The smallest absolute Gasteiger partial charge is 0.0415 e. The SMILES string of the molecule is CC(C)CNCc1cc(Br)ccc1N(CC(C)C)C1CC1. The molecule has 0 aromatic heterocycles. The van der Waals surface area contributed by atoms with Crippen molar-refractivity contribution in [2.45, 2.75) is 53.1 Å². The van der Waals surface area contributed by atoms with Gasteiger partial charge < -0.3 is 10.2 Å². The maximum absolute atomic E-state index is 3.62. The minimum Gasteiger partial charge on any atom is -0.368 e. The Morgan fingerprint density at radius 2 is 1.90 bits per heavy atom. The zero-order chi connectivity index (χ0) is 15.4. The number of hydrogen-bond donors (Lipinski definition) is 1. The number of nitrogens with zero attached hydrogens (tertiary/aromatic N) is 1. The van der Waals surface area contributed by atoms with Crippen LogP contribution >= 0.6 is 15.9 Å². The molecule has 1 aliphatic rings. The number of hydrogen-bond acceptors (Lipinski definition) is 2. The average molecular weight is 353 g/mol. The molecule has 3 heteroatoms. The van der Waals surface area contributed by atoms with Crippen molar-refractivity contribution in [3.8, 4) is 0 Å². The summed E-state index contributed by atoms with van der Waals surface area (Å²) in [6.45, 7) is 12.3. The minimum atomic E-state index is 0.691. The van der Waals surface area contributed by atoms with Crippen LogP contribution in [0.2, 0.25) is 0 Å². The number of benzene rings is 1. The fourth-order valence-electron chi connectivity index (χ4n) is 2.70. The van der Waals surface area contributed by atoms with Gasteiger partial charge in [0.25, 0.3) is 0 Å². The van der Waals surface area contributed by atoms with Crippen LogP contribution in [0, 0.1) is 11.8 Å². The summed E-state index contributed by atoms with van der Waals surface area (Å²) in [7, 11) is 0. The van der Waals surface area contributed by atoms with E-state index in [0.29, 0.717) is 11.8 Å². The lowest BCUT2D eigenvalue weighted by molar-refractivity contribution is 0.550. The van der Waals surface area contributed by atoms with Crippen LogP contribution in [0.15, 0.2) is 22.7 Å². The van der Waals surface area contributed by atoms with Gasteiger partial charge in [0.15, 0.2) is 0 Å². The first-order valence-electron chi connectivity index (χ1n) is 8.23. The first-order valence-corrected chi connectivity index (χ1v) is 9.02. The first kappa shape index (κ1) is 16.8. The first-order chi connectivity index (χ1) is 9.97. The molecule has 0 heterocycles. The molecule has 1 aliphatic carbocycles. The summed E-state index contributed by atoms with van der Waals surface area (Å²) in [5.74, 6) is 1.39. The van der Waals surface area contributed by atoms with Crippen molar-refractivity contribution < 1.29 is 0 Å². The quantitative estimate of drug-likeness (QED) is 0.721. The molecular weight excluding hydrogens is 324 g/mol. The van der Waals surface area contributed by atoms with Gasteiger partial charge >= 0.3 is 0 Å². The van der Waals surface area contributed by atoms with Crippen molar-refractivity contribution in [3.63, 3.8) is 0 Å². The van der Waals surface area contributed by atoms with Crippen LogP contribution in [-0.2, 0) is 6.54 Å². The molecule has 0 saturated heterocycles. The lowest BCUT2D eigenvalue weighted by atomic mass is 10.1. The summed E-state index contributed by atoms with van der Waals surface area (Å²) in [5, 5.41) is 3.59. The van der Waals surface area contributed by atoms with Crippen LogP contribution in [0.1, 0.15) is 46.1 Å². The van der Waals surface area contributed by atoms with E-state index in [1.54, 1.807) is 0 Å². The number of halogens is 1. The van der Waals surface area contributed by atoms with Gasteiger partial charge in [0.2, 0.25) is 0 Å². The molecule has 2 nitrogen and oxygen atoms in total. The van der Waals surface area contributed by atoms with Gasteiger partial charge in [0, 0.05) is 29.3 Å². The van der Waals surface area contributed by atoms with E-state index in [0.717, 1.165) is 25.7 Å². The molecule has 0 spiro atoms. The fourth-order valence-corrected chi connectivity index (χ4v) is 3.10. The molecule has 21 heavy (non-hydrogen) atoms. The second-order valence-electron chi connectivity index (χ2n) is 7.08. The van der Waals surface area contributed by atoms with Crippen molar-refractivity contribution in [2.75, 3.05) is 18.0 Å². The van der Waals surface area contributed by atoms with Gasteiger partial charge in [-0.3, -0.25) is 0 Å². The maximum atomic E-state index is 3.62. The molecule has 0 unspecified atom stereocenters. The summed E-state index contributed by atoms with van der Waals surface area (Å²) < 4.78 is 1.17. The molecule has 1 aromatic carbocycles. The highest BCUT2D eigenvalue weighted by Crippen LogP contribution is 2.35. The summed E-state index contributed by atoms with van der Waals surface area (Å²) in [6, 6.07) is 7.50. The van der Waals surface area contributed by atoms with E-state index in [1.807, 2.05) is 0 Å². The van der Waals surface area contributed by atoms with E-state index in [2.05, 4.69) is 72.0 Å². The number of nitrogens with one attached hydrogen (secondary N) is 1. The van der Waals surface area contributed by atoms with Crippen molar-refractivity contribution >= 4 is 21.6 Å². The van der Waals surface area contributed by atoms with E-state index in [9.17, 15) is 0 Å². The molecular formula is C18H29BrN2. The Labute approximate surface area is 138 Å². The summed E-state index contributed by atoms with van der Waals surface area (Å²) in [5.41, 5.74) is 2.84. The molecule has 0 atom stereocenters. The van der Waals surface area contributed by atoms with E-state index in [1.165, 1.54) is 28.6 Å². The molecule has 1 fully saturated rings. The molecule has 0 radical (unpaired) electrons. The van der Waals surface area contributed by atoms with Gasteiger partial charge in [-0.1, -0.05) is 43.6 Å². The van der Waals surface area contributed by atoms with Crippen LogP contribution < -0.4 is 10.2 Å². The van der Waals surface area contributed by atoms with Gasteiger partial charge in [-0.2, -0.15) is 0 Å². The highest BCUT2D eigenvalue weighted by molar-refractivity contribution is 9.10. The molecule has 118 valence electrons. The lowest BCUT2D eigenvalue weighted by Gasteiger charge is -2.29. The van der Waals surface area contributed by atoms with Crippen LogP contribution in [0.3, 0.4) is 0 Å². The molecule has 0 aliphatic heterocycles. The number of anilines is 1. The molecule has 0 bridgehead atoms. The lowest BCUT2D eigenvalue weighted by Crippen LogP contribution is -2.31. The van der Waals surface area contributed by atoms with Crippen molar-refractivity contribution in [1.82, 2.24) is 5.32 Å². The predicted molar refractivity (Wildman–Crippen MR) is 95.9 cm³/mol. The molecule has 0 amide bonds. The molecule has 1 aromatic rings. The summed E-state index contributed by atoms with van der Waals surface area (Å²) in [4.78, 5) is 2.63. The Morgan fingerprint density at radius 1 is 1.19 bits per heavy atom. The fraction of sp³-hybridized carbons (Fsp3) is 0.667. The van der Waals surface area contributed by atoms with Crippen LogP contribution in [0.25, 0.3) is 0 Å². The Hall–Kier alpha value is -0.540. The second-order valence-corrected chi connectivity index (χ2v) is 7.99. The van der Waals surface area contributed by atoms with Crippen molar-refractivity contribution in [2.24, 2.45) is 11.8 Å². The van der Waals surface area contributed by atoms with E-state index in [4.69, 9.17) is 0 Å². The third kappa shape index (κ3) is 5.30. The predicted octanol–water partition coefficient (Wildman–Crippen LogP) is 4.82. The highest BCUT2D eigenvalue weighted by Gasteiger charge is 2.30. The molecule has 1 saturated carbocycles. The van der Waals surface area contributed by atoms with Gasteiger partial charge in [0.1, 0.15) is 0 Å². The van der Waals surface area contributed by atoms with Crippen molar-refractivity contribution in [3.05, 3.63) is 28.2 Å². The van der Waals surface area contributed by atoms with Gasteiger partial charge in [-0.25, -0.2) is 0 Å². The normalized spacial score (nSPS) is 15.0. The zero-order valence-corrected chi connectivity index (χ0v) is 15.4. The highest BCUT2D eigenvalue weighted by atomic mass is 79.9. The Balaban J connectivity index is 2.15. The standard InChI is InChI=1S/C18H29BrN2/c1-13(2)10-20-11-15-9-16(19)5-8-18(15)21(12-14(3)4)17-6-7-17/h5,8-9,13-14,17,20H,6-7,10-12H2,1-4H3. The topological polar surface area (TPSA) is 15.3 Å². The monoisotopic (exact) mass is 352 g/mol. The molecule has 1 N–H and O–H groups in total. The summed E-state index contributed by atoms with van der Waals surface area (Å²) >= 11 is 3.62. The van der Waals surface area contributed by atoms with E-state index in [-0.39, 0.29) is 0 Å². The number of rotatable bonds is 8. The minimum absolute atomic E-state index is 0.691. The van der Waals surface area contributed by atoms with Gasteiger partial charge in [0.05, 0.1) is 0 Å². The largest absolute Gasteiger partial charge is 0.368 e.